The molecule has 0 unspecified atom stereocenters. The van der Waals surface area contributed by atoms with E-state index in [0.29, 0.717) is 12.2 Å². The summed E-state index contributed by atoms with van der Waals surface area (Å²) in [6.45, 7) is 0.684. The average molecular weight is 269 g/mol. The van der Waals surface area contributed by atoms with Gasteiger partial charge in [0.2, 0.25) is 0 Å². The van der Waals surface area contributed by atoms with Gasteiger partial charge < -0.3 is 4.74 Å². The molecule has 0 fully saturated rings. The summed E-state index contributed by atoms with van der Waals surface area (Å²) in [6.07, 6.45) is 0. The van der Waals surface area contributed by atoms with E-state index in [-0.39, 0.29) is 0 Å². The standard InChI is InChI=1S/C16H15NOS/c17-12-14-6-8-16(9-7-14)18-10-11-19-13-15-4-2-1-3-5-15/h1-9H,10-11,13H2. The highest BCUT2D eigenvalue weighted by Crippen LogP contribution is 2.14. The minimum absolute atomic E-state index is 0.658. The smallest absolute Gasteiger partial charge is 0.119 e. The molecule has 0 amide bonds. The molecule has 2 rings (SSSR count). The fourth-order valence-corrected chi connectivity index (χ4v) is 2.38. The Morgan fingerprint density at radius 2 is 1.74 bits per heavy atom. The quantitative estimate of drug-likeness (QED) is 0.746. The third-order valence-corrected chi connectivity index (χ3v) is 3.58. The molecule has 2 aromatic rings. The number of benzene rings is 2. The first-order valence-corrected chi connectivity index (χ1v) is 7.28. The second kappa shape index (κ2) is 7.50. The van der Waals surface area contributed by atoms with Crippen LogP contribution in [0.15, 0.2) is 54.6 Å². The van der Waals surface area contributed by atoms with E-state index in [1.54, 1.807) is 12.1 Å². The first-order valence-electron chi connectivity index (χ1n) is 6.13. The van der Waals surface area contributed by atoms with Gasteiger partial charge in [0, 0.05) is 11.5 Å². The van der Waals surface area contributed by atoms with Crippen molar-refractivity contribution in [1.82, 2.24) is 0 Å². The number of hydrogen-bond donors (Lipinski definition) is 0. The Morgan fingerprint density at radius 3 is 2.42 bits per heavy atom. The second-order valence-electron chi connectivity index (χ2n) is 4.02. The maximum absolute atomic E-state index is 8.69. The Labute approximate surface area is 118 Å². The molecule has 19 heavy (non-hydrogen) atoms. The summed E-state index contributed by atoms with van der Waals surface area (Å²) in [5.74, 6) is 2.78. The van der Waals surface area contributed by atoms with E-state index in [1.165, 1.54) is 5.56 Å². The lowest BCUT2D eigenvalue weighted by Crippen LogP contribution is -2.00. The molecule has 0 aliphatic rings. The highest BCUT2D eigenvalue weighted by molar-refractivity contribution is 7.98. The predicted octanol–water partition coefficient (Wildman–Crippen LogP) is 3.87. The van der Waals surface area contributed by atoms with E-state index in [4.69, 9.17) is 10.00 Å². The third kappa shape index (κ3) is 4.69. The van der Waals surface area contributed by atoms with Crippen molar-refractivity contribution < 1.29 is 4.74 Å². The topological polar surface area (TPSA) is 33.0 Å². The van der Waals surface area contributed by atoms with Crippen LogP contribution in [0.1, 0.15) is 11.1 Å². The van der Waals surface area contributed by atoms with Gasteiger partial charge in [-0.05, 0) is 29.8 Å². The van der Waals surface area contributed by atoms with Crippen LogP contribution >= 0.6 is 11.8 Å². The number of rotatable bonds is 6. The van der Waals surface area contributed by atoms with Crippen LogP contribution < -0.4 is 4.74 Å². The molecule has 96 valence electrons. The fraction of sp³-hybridized carbons (Fsp3) is 0.188. The summed E-state index contributed by atoms with van der Waals surface area (Å²) in [5, 5.41) is 8.69. The fourth-order valence-electron chi connectivity index (χ4n) is 1.61. The van der Waals surface area contributed by atoms with Gasteiger partial charge in [0.1, 0.15) is 5.75 Å². The number of nitriles is 1. The molecule has 0 bridgehead atoms. The molecule has 0 saturated heterocycles. The van der Waals surface area contributed by atoms with Gasteiger partial charge in [-0.3, -0.25) is 0 Å². The van der Waals surface area contributed by atoms with Crippen LogP contribution in [0.25, 0.3) is 0 Å². The molecule has 0 radical (unpaired) electrons. The van der Waals surface area contributed by atoms with Crippen molar-refractivity contribution in [2.75, 3.05) is 12.4 Å². The maximum Gasteiger partial charge on any atom is 0.119 e. The van der Waals surface area contributed by atoms with Crippen molar-refractivity contribution in [3.63, 3.8) is 0 Å². The Bertz CT molecular complexity index is 531. The summed E-state index contributed by atoms with van der Waals surface area (Å²) >= 11 is 1.86. The van der Waals surface area contributed by atoms with Crippen molar-refractivity contribution in [3.05, 3.63) is 65.7 Å². The molecule has 2 aromatic carbocycles. The van der Waals surface area contributed by atoms with Gasteiger partial charge in [-0.2, -0.15) is 17.0 Å². The Balaban J connectivity index is 1.65. The lowest BCUT2D eigenvalue weighted by Gasteiger charge is -2.06. The van der Waals surface area contributed by atoms with Gasteiger partial charge in [0.25, 0.3) is 0 Å². The van der Waals surface area contributed by atoms with E-state index < -0.39 is 0 Å². The monoisotopic (exact) mass is 269 g/mol. The molecule has 0 aliphatic carbocycles. The van der Waals surface area contributed by atoms with Crippen LogP contribution in [0.4, 0.5) is 0 Å². The van der Waals surface area contributed by atoms with Crippen LogP contribution in [0.2, 0.25) is 0 Å². The van der Waals surface area contributed by atoms with Gasteiger partial charge in [-0.25, -0.2) is 0 Å². The third-order valence-electron chi connectivity index (χ3n) is 2.59. The summed E-state index contributed by atoms with van der Waals surface area (Å²) in [5.41, 5.74) is 2.00. The average Bonchev–Trinajstić information content (AvgIpc) is 2.49. The van der Waals surface area contributed by atoms with Crippen molar-refractivity contribution >= 4 is 11.8 Å². The highest BCUT2D eigenvalue weighted by atomic mass is 32.2. The van der Waals surface area contributed by atoms with Crippen LogP contribution in [0, 0.1) is 11.3 Å². The van der Waals surface area contributed by atoms with Gasteiger partial charge in [0.15, 0.2) is 0 Å². The number of nitrogens with zero attached hydrogens (tertiary/aromatic N) is 1. The van der Waals surface area contributed by atoms with Crippen LogP contribution in [0.3, 0.4) is 0 Å². The molecule has 0 atom stereocenters. The molecule has 2 nitrogen and oxygen atoms in total. The lowest BCUT2D eigenvalue weighted by atomic mass is 10.2. The molecule has 0 saturated carbocycles. The van der Waals surface area contributed by atoms with Crippen LogP contribution in [0.5, 0.6) is 5.75 Å². The molecule has 0 aromatic heterocycles. The largest absolute Gasteiger partial charge is 0.493 e. The highest BCUT2D eigenvalue weighted by Gasteiger charge is 1.96. The normalized spacial score (nSPS) is 9.84. The van der Waals surface area contributed by atoms with E-state index in [0.717, 1.165) is 17.3 Å². The van der Waals surface area contributed by atoms with Crippen molar-refractivity contribution in [1.29, 1.82) is 5.26 Å². The molecular formula is C16H15NOS. The number of ether oxygens (including phenoxy) is 1. The Hall–Kier alpha value is -1.92. The van der Waals surface area contributed by atoms with Gasteiger partial charge in [-0.15, -0.1) is 0 Å². The second-order valence-corrected chi connectivity index (χ2v) is 5.13. The van der Waals surface area contributed by atoms with Crippen LogP contribution in [-0.4, -0.2) is 12.4 Å². The molecular weight excluding hydrogens is 254 g/mol. The minimum atomic E-state index is 0.658. The summed E-state index contributed by atoms with van der Waals surface area (Å²) in [7, 11) is 0. The van der Waals surface area contributed by atoms with Crippen molar-refractivity contribution in [2.24, 2.45) is 0 Å². The molecule has 3 heteroatoms. The Kier molecular flexibility index (Phi) is 5.33. The lowest BCUT2D eigenvalue weighted by molar-refractivity contribution is 0.344. The first kappa shape index (κ1) is 13.5. The minimum Gasteiger partial charge on any atom is -0.493 e. The van der Waals surface area contributed by atoms with Gasteiger partial charge >= 0.3 is 0 Å². The zero-order valence-corrected chi connectivity index (χ0v) is 11.4. The van der Waals surface area contributed by atoms with E-state index >= 15 is 0 Å². The zero-order valence-electron chi connectivity index (χ0n) is 10.6. The molecule has 0 heterocycles. The van der Waals surface area contributed by atoms with Gasteiger partial charge in [-0.1, -0.05) is 30.3 Å². The van der Waals surface area contributed by atoms with Gasteiger partial charge in [0.05, 0.1) is 18.2 Å². The predicted molar refractivity (Wildman–Crippen MR) is 79.3 cm³/mol. The summed E-state index contributed by atoms with van der Waals surface area (Å²) in [4.78, 5) is 0. The Morgan fingerprint density at radius 1 is 1.00 bits per heavy atom. The number of thioether (sulfide) groups is 1. The van der Waals surface area contributed by atoms with Crippen molar-refractivity contribution in [3.8, 4) is 11.8 Å². The van der Waals surface area contributed by atoms with E-state index in [9.17, 15) is 0 Å². The maximum atomic E-state index is 8.69. The SMILES string of the molecule is N#Cc1ccc(OCCSCc2ccccc2)cc1. The summed E-state index contributed by atoms with van der Waals surface area (Å²) < 4.78 is 5.61. The summed E-state index contributed by atoms with van der Waals surface area (Å²) in [6, 6.07) is 19.7. The number of hydrogen-bond acceptors (Lipinski definition) is 3. The van der Waals surface area contributed by atoms with E-state index in [1.807, 2.05) is 30.0 Å². The van der Waals surface area contributed by atoms with Crippen molar-refractivity contribution in [2.45, 2.75) is 5.75 Å². The molecule has 0 N–H and O–H groups in total. The molecule has 0 aliphatic heterocycles. The van der Waals surface area contributed by atoms with Crippen LogP contribution in [-0.2, 0) is 5.75 Å². The zero-order chi connectivity index (χ0) is 13.3. The first-order chi connectivity index (χ1) is 9.38. The van der Waals surface area contributed by atoms with E-state index in [2.05, 4.69) is 30.3 Å². The molecule has 0 spiro atoms.